The quantitative estimate of drug-likeness (QED) is 0.593. The number of carboxylic acid groups (broad SMARTS) is 1. The molecule has 0 saturated carbocycles. The normalized spacial score (nSPS) is 13.9. The van der Waals surface area contributed by atoms with Crippen LogP contribution >= 0.6 is 0 Å². The molecule has 0 heterocycles. The Kier molecular flexibility index (Phi) is 3.75. The van der Waals surface area contributed by atoms with Crippen molar-refractivity contribution in [3.8, 4) is 0 Å². The van der Waals surface area contributed by atoms with Gasteiger partial charge in [0.2, 0.25) is 0 Å². The van der Waals surface area contributed by atoms with Gasteiger partial charge in [-0.15, -0.1) is 0 Å². The molecule has 0 rings (SSSR count). The molecule has 0 bridgehead atoms. The molecule has 5 nitrogen and oxygen atoms in total. The zero-order valence-electron chi connectivity index (χ0n) is 7.83. The molecule has 90 valence electrons. The predicted octanol–water partition coefficient (Wildman–Crippen LogP) is 0.963. The zero-order valence-corrected chi connectivity index (χ0v) is 8.65. The van der Waals surface area contributed by atoms with Crippen LogP contribution in [0.4, 0.5) is 13.2 Å². The van der Waals surface area contributed by atoms with Gasteiger partial charge in [-0.2, -0.15) is 21.6 Å². The fourth-order valence-electron chi connectivity index (χ4n) is 0.353. The van der Waals surface area contributed by atoms with Crippen LogP contribution in [0.1, 0.15) is 13.8 Å². The van der Waals surface area contributed by atoms with E-state index in [-0.39, 0.29) is 0 Å². The first-order chi connectivity index (χ1) is 6.40. The summed E-state index contributed by atoms with van der Waals surface area (Å²) in [6, 6.07) is 0. The van der Waals surface area contributed by atoms with E-state index in [4.69, 9.17) is 5.11 Å². The lowest BCUT2D eigenvalue weighted by molar-refractivity contribution is -0.148. The molecule has 0 aromatic heterocycles. The minimum Gasteiger partial charge on any atom is -0.481 e. The Labute approximate surface area is 84.0 Å². The largest absolute Gasteiger partial charge is 0.523 e. The van der Waals surface area contributed by atoms with Crippen molar-refractivity contribution in [2.75, 3.05) is 6.61 Å². The highest BCUT2D eigenvalue weighted by molar-refractivity contribution is 7.87. The highest BCUT2D eigenvalue weighted by atomic mass is 32.2. The molecule has 0 unspecified atom stereocenters. The molecule has 0 radical (unpaired) electrons. The molecule has 0 aliphatic rings. The number of hydrogen-bond donors (Lipinski definition) is 1. The van der Waals surface area contributed by atoms with E-state index >= 15 is 0 Å². The second-order valence-electron chi connectivity index (χ2n) is 3.35. The van der Waals surface area contributed by atoms with Gasteiger partial charge in [-0.05, 0) is 13.8 Å². The average Bonchev–Trinajstić information content (AvgIpc) is 1.99. The van der Waals surface area contributed by atoms with Crippen molar-refractivity contribution in [3.63, 3.8) is 0 Å². The van der Waals surface area contributed by atoms with Crippen LogP contribution in [-0.2, 0) is 19.1 Å². The maximum absolute atomic E-state index is 11.7. The summed E-state index contributed by atoms with van der Waals surface area (Å²) >= 11 is 0. The molecular weight excluding hydrogens is 241 g/mol. The summed E-state index contributed by atoms with van der Waals surface area (Å²) in [5.41, 5.74) is -7.25. The van der Waals surface area contributed by atoms with Crippen LogP contribution in [0.25, 0.3) is 0 Å². The van der Waals surface area contributed by atoms with E-state index in [1.165, 1.54) is 0 Å². The van der Waals surface area contributed by atoms with E-state index in [0.29, 0.717) is 0 Å². The van der Waals surface area contributed by atoms with E-state index < -0.39 is 33.6 Å². The summed E-state index contributed by atoms with van der Waals surface area (Å²) in [6.07, 6.45) is 0. The first kappa shape index (κ1) is 14.2. The molecule has 0 amide bonds. The average molecular weight is 250 g/mol. The highest BCUT2D eigenvalue weighted by Gasteiger charge is 2.48. The van der Waals surface area contributed by atoms with Crippen molar-refractivity contribution in [1.82, 2.24) is 0 Å². The Morgan fingerprint density at radius 1 is 1.33 bits per heavy atom. The Morgan fingerprint density at radius 2 is 1.73 bits per heavy atom. The highest BCUT2D eigenvalue weighted by Crippen LogP contribution is 2.27. The molecule has 1 N–H and O–H groups in total. The van der Waals surface area contributed by atoms with Crippen LogP contribution < -0.4 is 0 Å². The standard InChI is InChI=1S/C6H9F3O5S/c1-5(2,4(10)11)3-14-15(12,13)6(7,8)9/h3H2,1-2H3,(H,10,11). The molecule has 0 saturated heterocycles. The maximum atomic E-state index is 11.7. The number of rotatable bonds is 4. The second-order valence-corrected chi connectivity index (χ2v) is 4.96. The van der Waals surface area contributed by atoms with Crippen molar-refractivity contribution in [2.45, 2.75) is 19.4 Å². The summed E-state index contributed by atoms with van der Waals surface area (Å²) < 4.78 is 59.6. The minimum absolute atomic E-state index is 1.04. The van der Waals surface area contributed by atoms with E-state index in [2.05, 4.69) is 4.18 Å². The molecule has 0 aliphatic carbocycles. The monoisotopic (exact) mass is 250 g/mol. The number of alkyl halides is 3. The molecule has 0 aliphatic heterocycles. The van der Waals surface area contributed by atoms with Gasteiger partial charge in [-0.25, -0.2) is 0 Å². The molecule has 0 spiro atoms. The first-order valence-electron chi connectivity index (χ1n) is 3.59. The Hall–Kier alpha value is -0.830. The smallest absolute Gasteiger partial charge is 0.481 e. The van der Waals surface area contributed by atoms with Crippen molar-refractivity contribution in [1.29, 1.82) is 0 Å². The van der Waals surface area contributed by atoms with Crippen LogP contribution in [0.2, 0.25) is 0 Å². The third kappa shape index (κ3) is 3.67. The molecular formula is C6H9F3O5S. The third-order valence-electron chi connectivity index (χ3n) is 1.44. The van der Waals surface area contributed by atoms with E-state index in [1.807, 2.05) is 0 Å². The maximum Gasteiger partial charge on any atom is 0.523 e. The lowest BCUT2D eigenvalue weighted by Gasteiger charge is -2.18. The summed E-state index contributed by atoms with van der Waals surface area (Å²) in [5, 5.41) is 8.48. The SMILES string of the molecule is CC(C)(COS(=O)(=O)C(F)(F)F)C(=O)O. The van der Waals surface area contributed by atoms with Gasteiger partial charge in [0.05, 0.1) is 12.0 Å². The number of hydrogen-bond acceptors (Lipinski definition) is 4. The van der Waals surface area contributed by atoms with Gasteiger partial charge in [0.25, 0.3) is 0 Å². The summed E-state index contributed by atoms with van der Waals surface area (Å²) in [7, 11) is -5.73. The van der Waals surface area contributed by atoms with E-state index in [9.17, 15) is 26.4 Å². The molecule has 0 aromatic carbocycles. The Balaban J connectivity index is 4.62. The fraction of sp³-hybridized carbons (Fsp3) is 0.833. The number of halogens is 3. The molecule has 9 heteroatoms. The van der Waals surface area contributed by atoms with Gasteiger partial charge in [0.15, 0.2) is 0 Å². The Bertz CT molecular complexity index is 342. The predicted molar refractivity (Wildman–Crippen MR) is 42.3 cm³/mol. The van der Waals surface area contributed by atoms with E-state index in [1.54, 1.807) is 0 Å². The van der Waals surface area contributed by atoms with Crippen molar-refractivity contribution in [2.24, 2.45) is 5.41 Å². The second kappa shape index (κ2) is 3.97. The minimum atomic E-state index is -5.73. The first-order valence-corrected chi connectivity index (χ1v) is 5.00. The topological polar surface area (TPSA) is 80.7 Å². The lowest BCUT2D eigenvalue weighted by Crippen LogP contribution is -2.34. The Morgan fingerprint density at radius 3 is 2.00 bits per heavy atom. The van der Waals surface area contributed by atoms with Crippen LogP contribution in [0.15, 0.2) is 0 Å². The summed E-state index contributed by atoms with van der Waals surface area (Å²) in [4.78, 5) is 10.4. The van der Waals surface area contributed by atoms with Gasteiger partial charge in [0.1, 0.15) is 0 Å². The van der Waals surface area contributed by atoms with E-state index in [0.717, 1.165) is 13.8 Å². The van der Waals surface area contributed by atoms with Crippen molar-refractivity contribution >= 4 is 16.1 Å². The molecule has 0 aromatic rings. The van der Waals surface area contributed by atoms with Crippen LogP contribution in [0.5, 0.6) is 0 Å². The van der Waals surface area contributed by atoms with Gasteiger partial charge in [-0.3, -0.25) is 8.98 Å². The number of carboxylic acids is 1. The molecule has 0 atom stereocenters. The van der Waals surface area contributed by atoms with Gasteiger partial charge in [-0.1, -0.05) is 0 Å². The third-order valence-corrected chi connectivity index (χ3v) is 2.43. The van der Waals surface area contributed by atoms with Crippen LogP contribution in [-0.4, -0.2) is 31.6 Å². The number of carbonyl (C=O) groups is 1. The molecule has 0 fully saturated rings. The van der Waals surface area contributed by atoms with Crippen LogP contribution in [0, 0.1) is 5.41 Å². The van der Waals surface area contributed by atoms with Gasteiger partial charge >= 0.3 is 21.6 Å². The fourth-order valence-corrected chi connectivity index (χ4v) is 0.937. The molecule has 15 heavy (non-hydrogen) atoms. The lowest BCUT2D eigenvalue weighted by atomic mass is 9.96. The van der Waals surface area contributed by atoms with Crippen molar-refractivity contribution < 1.29 is 35.7 Å². The van der Waals surface area contributed by atoms with Crippen molar-refractivity contribution in [3.05, 3.63) is 0 Å². The van der Waals surface area contributed by atoms with Gasteiger partial charge < -0.3 is 5.11 Å². The summed E-state index contributed by atoms with van der Waals surface area (Å²) in [5.74, 6) is -1.46. The zero-order chi connectivity index (χ0) is 12.5. The summed E-state index contributed by atoms with van der Waals surface area (Å²) in [6.45, 7) is 1.01. The van der Waals surface area contributed by atoms with Gasteiger partial charge in [0, 0.05) is 0 Å². The van der Waals surface area contributed by atoms with Crippen LogP contribution in [0.3, 0.4) is 0 Å². The number of aliphatic carboxylic acids is 1.